The van der Waals surface area contributed by atoms with Gasteiger partial charge in [0.05, 0.1) is 22.3 Å². The van der Waals surface area contributed by atoms with Crippen molar-refractivity contribution in [2.24, 2.45) is 0 Å². The van der Waals surface area contributed by atoms with E-state index in [0.29, 0.717) is 22.9 Å². The number of para-hydroxylation sites is 2. The standard InChI is InChI=1S/C28H24N6O4/c1-17-9-8-12-20(15-17)32-27(35)22-16-29-33-25(21-13-6-7-14-23(21)34(37)38)24(18(2)30-26(22)33)28(36)31-19-10-4-3-5-11-19/h3-16,25,30H,1-2H3,(H,31,36)(H,32,35)/t25-/m0/s1. The molecule has 1 aromatic heterocycles. The lowest BCUT2D eigenvalue weighted by atomic mass is 9.93. The molecule has 10 nitrogen and oxygen atoms in total. The first-order valence-corrected chi connectivity index (χ1v) is 11.9. The number of hydrogen-bond donors (Lipinski definition) is 3. The van der Waals surface area contributed by atoms with Gasteiger partial charge in [0.2, 0.25) is 0 Å². The number of fused-ring (bicyclic) bond motifs is 1. The van der Waals surface area contributed by atoms with Gasteiger partial charge in [-0.15, -0.1) is 0 Å². The maximum atomic E-state index is 13.6. The molecule has 0 saturated carbocycles. The first-order chi connectivity index (χ1) is 18.3. The van der Waals surface area contributed by atoms with Crippen molar-refractivity contribution in [3.05, 3.63) is 123 Å². The average Bonchev–Trinajstić information content (AvgIpc) is 3.32. The SMILES string of the molecule is CC1=C(C(=O)Nc2ccccc2)[C@H](c2ccccc2[N+](=O)[O-])n2ncc(C(=O)Nc3cccc(C)c3)c2N1. The molecule has 4 aromatic rings. The third kappa shape index (κ3) is 4.62. The summed E-state index contributed by atoms with van der Waals surface area (Å²) in [5.41, 5.74) is 3.21. The van der Waals surface area contributed by atoms with E-state index < -0.39 is 22.8 Å². The van der Waals surface area contributed by atoms with E-state index in [0.717, 1.165) is 5.56 Å². The second kappa shape index (κ2) is 10.0. The van der Waals surface area contributed by atoms with E-state index in [9.17, 15) is 19.7 Å². The lowest BCUT2D eigenvalue weighted by Crippen LogP contribution is -2.32. The Morgan fingerprint density at radius 1 is 0.921 bits per heavy atom. The smallest absolute Gasteiger partial charge is 0.275 e. The highest BCUT2D eigenvalue weighted by molar-refractivity contribution is 6.09. The summed E-state index contributed by atoms with van der Waals surface area (Å²) in [6, 6.07) is 21.5. The quantitative estimate of drug-likeness (QED) is 0.240. The minimum atomic E-state index is -0.961. The Balaban J connectivity index is 1.60. The van der Waals surface area contributed by atoms with Gasteiger partial charge in [0.1, 0.15) is 17.4 Å². The zero-order valence-corrected chi connectivity index (χ0v) is 20.6. The fourth-order valence-corrected chi connectivity index (χ4v) is 4.53. The number of nitrogens with one attached hydrogen (secondary N) is 3. The molecule has 3 aromatic carbocycles. The summed E-state index contributed by atoms with van der Waals surface area (Å²) in [4.78, 5) is 38.3. The van der Waals surface area contributed by atoms with Gasteiger partial charge in [-0.3, -0.25) is 19.7 Å². The molecule has 38 heavy (non-hydrogen) atoms. The number of carbonyl (C=O) groups excluding carboxylic acids is 2. The zero-order chi connectivity index (χ0) is 26.8. The molecule has 0 unspecified atom stereocenters. The van der Waals surface area contributed by atoms with Crippen LogP contribution in [0.3, 0.4) is 0 Å². The molecule has 0 spiro atoms. The number of allylic oxidation sites excluding steroid dienone is 1. The van der Waals surface area contributed by atoms with E-state index in [4.69, 9.17) is 0 Å². The molecule has 0 fully saturated rings. The largest absolute Gasteiger partial charge is 0.343 e. The number of carbonyl (C=O) groups is 2. The predicted molar refractivity (Wildman–Crippen MR) is 144 cm³/mol. The first kappa shape index (κ1) is 24.4. The van der Waals surface area contributed by atoms with E-state index >= 15 is 0 Å². The Bertz CT molecular complexity index is 1590. The summed E-state index contributed by atoms with van der Waals surface area (Å²) in [5, 5.41) is 25.2. The fourth-order valence-electron chi connectivity index (χ4n) is 4.53. The molecule has 0 radical (unpaired) electrons. The van der Waals surface area contributed by atoms with Gasteiger partial charge in [-0.2, -0.15) is 5.10 Å². The number of aromatic nitrogens is 2. The molecular formula is C28H24N6O4. The van der Waals surface area contributed by atoms with Crippen LogP contribution in [0.4, 0.5) is 22.9 Å². The number of benzene rings is 3. The number of nitro benzene ring substituents is 1. The Hall–Kier alpha value is -5.25. The van der Waals surface area contributed by atoms with Crippen molar-refractivity contribution in [1.29, 1.82) is 0 Å². The average molecular weight is 509 g/mol. The van der Waals surface area contributed by atoms with Crippen LogP contribution in [-0.2, 0) is 4.79 Å². The third-order valence-electron chi connectivity index (χ3n) is 6.25. The number of hydrogen-bond acceptors (Lipinski definition) is 6. The topological polar surface area (TPSA) is 131 Å². The minimum absolute atomic E-state index is 0.163. The summed E-state index contributed by atoms with van der Waals surface area (Å²) in [6.07, 6.45) is 1.39. The van der Waals surface area contributed by atoms with E-state index in [1.807, 2.05) is 31.2 Å². The molecule has 2 heterocycles. The van der Waals surface area contributed by atoms with Gasteiger partial charge in [0, 0.05) is 23.1 Å². The van der Waals surface area contributed by atoms with Gasteiger partial charge in [-0.05, 0) is 49.7 Å². The van der Waals surface area contributed by atoms with Crippen molar-refractivity contribution in [1.82, 2.24) is 9.78 Å². The van der Waals surface area contributed by atoms with Crippen molar-refractivity contribution in [3.63, 3.8) is 0 Å². The number of anilines is 3. The lowest BCUT2D eigenvalue weighted by Gasteiger charge is -2.30. The van der Waals surface area contributed by atoms with Crippen molar-refractivity contribution in [2.45, 2.75) is 19.9 Å². The Morgan fingerprint density at radius 2 is 1.61 bits per heavy atom. The Labute approximate surface area is 218 Å². The van der Waals surface area contributed by atoms with Crippen LogP contribution < -0.4 is 16.0 Å². The molecule has 0 saturated heterocycles. The second-order valence-corrected chi connectivity index (χ2v) is 8.88. The third-order valence-corrected chi connectivity index (χ3v) is 6.25. The van der Waals surface area contributed by atoms with Gasteiger partial charge in [0.25, 0.3) is 17.5 Å². The van der Waals surface area contributed by atoms with Crippen molar-refractivity contribution in [3.8, 4) is 0 Å². The molecule has 10 heteroatoms. The molecule has 5 rings (SSSR count). The van der Waals surface area contributed by atoms with Crippen molar-refractivity contribution in [2.75, 3.05) is 16.0 Å². The molecule has 1 aliphatic rings. The maximum Gasteiger partial charge on any atom is 0.275 e. The van der Waals surface area contributed by atoms with E-state index in [1.54, 1.807) is 55.5 Å². The molecule has 0 bridgehead atoms. The molecule has 2 amide bonds. The first-order valence-electron chi connectivity index (χ1n) is 11.9. The van der Waals surface area contributed by atoms with Crippen LogP contribution in [-0.4, -0.2) is 26.5 Å². The molecular weight excluding hydrogens is 484 g/mol. The van der Waals surface area contributed by atoms with E-state index in [-0.39, 0.29) is 22.4 Å². The van der Waals surface area contributed by atoms with E-state index in [2.05, 4.69) is 21.0 Å². The van der Waals surface area contributed by atoms with Gasteiger partial charge in [-0.1, -0.05) is 42.5 Å². The monoisotopic (exact) mass is 508 g/mol. The zero-order valence-electron chi connectivity index (χ0n) is 20.6. The highest BCUT2D eigenvalue weighted by atomic mass is 16.6. The number of amides is 2. The number of nitrogens with zero attached hydrogens (tertiary/aromatic N) is 3. The van der Waals surface area contributed by atoms with Crippen LogP contribution in [0.25, 0.3) is 0 Å². The fraction of sp³-hybridized carbons (Fsp3) is 0.107. The normalized spacial score (nSPS) is 14.3. The summed E-state index contributed by atoms with van der Waals surface area (Å²) in [6.45, 7) is 3.62. The molecule has 3 N–H and O–H groups in total. The molecule has 1 aliphatic heterocycles. The summed E-state index contributed by atoms with van der Waals surface area (Å²) in [7, 11) is 0. The van der Waals surface area contributed by atoms with Gasteiger partial charge >= 0.3 is 0 Å². The predicted octanol–water partition coefficient (Wildman–Crippen LogP) is 5.28. The number of nitro groups is 1. The van der Waals surface area contributed by atoms with Crippen LogP contribution in [0.5, 0.6) is 0 Å². The van der Waals surface area contributed by atoms with Crippen LogP contribution in [0.15, 0.2) is 96.3 Å². The number of aryl methyl sites for hydroxylation is 1. The Morgan fingerprint density at radius 3 is 2.34 bits per heavy atom. The molecule has 190 valence electrons. The maximum absolute atomic E-state index is 13.6. The summed E-state index contributed by atoms with van der Waals surface area (Å²) < 4.78 is 1.44. The summed E-state index contributed by atoms with van der Waals surface area (Å²) >= 11 is 0. The van der Waals surface area contributed by atoms with Gasteiger partial charge < -0.3 is 16.0 Å². The van der Waals surface area contributed by atoms with Crippen molar-refractivity contribution >= 4 is 34.7 Å². The van der Waals surface area contributed by atoms with E-state index in [1.165, 1.54) is 16.9 Å². The summed E-state index contributed by atoms with van der Waals surface area (Å²) in [5.74, 6) is -0.529. The van der Waals surface area contributed by atoms with Crippen LogP contribution in [0, 0.1) is 17.0 Å². The highest BCUT2D eigenvalue weighted by Gasteiger charge is 2.38. The molecule has 0 aliphatic carbocycles. The highest BCUT2D eigenvalue weighted by Crippen LogP contribution is 2.41. The van der Waals surface area contributed by atoms with Crippen LogP contribution in [0.2, 0.25) is 0 Å². The number of rotatable bonds is 6. The Kier molecular flexibility index (Phi) is 6.44. The van der Waals surface area contributed by atoms with Gasteiger partial charge in [0.15, 0.2) is 0 Å². The van der Waals surface area contributed by atoms with Crippen LogP contribution >= 0.6 is 0 Å². The molecule has 1 atom stereocenters. The second-order valence-electron chi connectivity index (χ2n) is 8.88. The van der Waals surface area contributed by atoms with Gasteiger partial charge in [-0.25, -0.2) is 4.68 Å². The van der Waals surface area contributed by atoms with Crippen molar-refractivity contribution < 1.29 is 14.5 Å². The van der Waals surface area contributed by atoms with Crippen LogP contribution in [0.1, 0.15) is 34.5 Å². The lowest BCUT2D eigenvalue weighted by molar-refractivity contribution is -0.385. The minimum Gasteiger partial charge on any atom is -0.343 e.